The van der Waals surface area contributed by atoms with Crippen LogP contribution in [0.1, 0.15) is 23.7 Å². The summed E-state index contributed by atoms with van der Waals surface area (Å²) in [6.45, 7) is 2.58. The maximum atomic E-state index is 13.7. The van der Waals surface area contributed by atoms with Crippen molar-refractivity contribution < 1.29 is 19.0 Å². The lowest BCUT2D eigenvalue weighted by molar-refractivity contribution is 0.0697. The topological polar surface area (TPSA) is 72.5 Å². The molecule has 0 saturated carbocycles. The third-order valence-electron chi connectivity index (χ3n) is 2.92. The summed E-state index contributed by atoms with van der Waals surface area (Å²) in [6, 6.07) is 2.36. The highest BCUT2D eigenvalue weighted by Crippen LogP contribution is 2.35. The van der Waals surface area contributed by atoms with E-state index in [9.17, 15) is 9.18 Å². The summed E-state index contributed by atoms with van der Waals surface area (Å²) in [5, 5.41) is 9.10. The maximum Gasteiger partial charge on any atom is 0.337 e. The second-order valence-corrected chi connectivity index (χ2v) is 5.48. The SMILES string of the molecule is CC1OCCC1Sc1cc(C(=O)O)c(N)cc1F. The number of carbonyl (C=O) groups is 1. The third-order valence-corrected chi connectivity index (χ3v) is 4.41. The van der Waals surface area contributed by atoms with Crippen LogP contribution in [0.2, 0.25) is 0 Å². The molecule has 1 aromatic carbocycles. The normalized spacial score (nSPS) is 23.2. The van der Waals surface area contributed by atoms with Crippen molar-refractivity contribution in [1.29, 1.82) is 0 Å². The fraction of sp³-hybridized carbons (Fsp3) is 0.417. The molecule has 1 saturated heterocycles. The highest BCUT2D eigenvalue weighted by Gasteiger charge is 2.26. The highest BCUT2D eigenvalue weighted by molar-refractivity contribution is 8.00. The summed E-state index contributed by atoms with van der Waals surface area (Å²) in [5.41, 5.74) is 5.35. The Morgan fingerprint density at radius 3 is 2.89 bits per heavy atom. The number of thioether (sulfide) groups is 1. The molecule has 2 rings (SSSR count). The largest absolute Gasteiger partial charge is 0.478 e. The van der Waals surface area contributed by atoms with E-state index in [0.29, 0.717) is 11.5 Å². The molecule has 0 aliphatic carbocycles. The first kappa shape index (κ1) is 13.2. The molecule has 0 amide bonds. The van der Waals surface area contributed by atoms with Crippen LogP contribution in [0.5, 0.6) is 0 Å². The van der Waals surface area contributed by atoms with Crippen LogP contribution in [0.4, 0.5) is 10.1 Å². The number of halogens is 1. The Morgan fingerprint density at radius 2 is 2.33 bits per heavy atom. The number of ether oxygens (including phenoxy) is 1. The molecule has 0 spiro atoms. The predicted octanol–water partition coefficient (Wildman–Crippen LogP) is 2.38. The number of hydrogen-bond donors (Lipinski definition) is 2. The average Bonchev–Trinajstić information content (AvgIpc) is 2.67. The number of carboxylic acid groups (broad SMARTS) is 1. The fourth-order valence-corrected chi connectivity index (χ4v) is 3.04. The number of aromatic carboxylic acids is 1. The van der Waals surface area contributed by atoms with Crippen LogP contribution in [0.15, 0.2) is 17.0 Å². The lowest BCUT2D eigenvalue weighted by Crippen LogP contribution is -2.13. The Bertz CT molecular complexity index is 481. The van der Waals surface area contributed by atoms with Gasteiger partial charge in [0.15, 0.2) is 0 Å². The van der Waals surface area contributed by atoms with E-state index in [-0.39, 0.29) is 22.6 Å². The molecule has 4 nitrogen and oxygen atoms in total. The first-order chi connectivity index (χ1) is 8.49. The molecule has 1 heterocycles. The number of carboxylic acids is 1. The van der Waals surface area contributed by atoms with Gasteiger partial charge in [-0.2, -0.15) is 0 Å². The monoisotopic (exact) mass is 271 g/mol. The van der Waals surface area contributed by atoms with Crippen molar-refractivity contribution >= 4 is 23.4 Å². The van der Waals surface area contributed by atoms with Gasteiger partial charge in [0.25, 0.3) is 0 Å². The van der Waals surface area contributed by atoms with E-state index >= 15 is 0 Å². The molecule has 0 radical (unpaired) electrons. The van der Waals surface area contributed by atoms with Crippen molar-refractivity contribution in [2.24, 2.45) is 0 Å². The molecule has 1 aliphatic rings. The quantitative estimate of drug-likeness (QED) is 0.826. The van der Waals surface area contributed by atoms with Gasteiger partial charge in [0, 0.05) is 22.4 Å². The fourth-order valence-electron chi connectivity index (χ4n) is 1.87. The number of nitrogens with two attached hydrogens (primary N) is 1. The van der Waals surface area contributed by atoms with Crippen LogP contribution in [0.3, 0.4) is 0 Å². The van der Waals surface area contributed by atoms with E-state index in [1.807, 2.05) is 6.92 Å². The Balaban J connectivity index is 2.27. The van der Waals surface area contributed by atoms with Crippen molar-refractivity contribution in [3.8, 4) is 0 Å². The molecular formula is C12H14FNO3S. The minimum absolute atomic E-state index is 0.0419. The Kier molecular flexibility index (Phi) is 3.77. The van der Waals surface area contributed by atoms with Crippen LogP contribution in [0.25, 0.3) is 0 Å². The van der Waals surface area contributed by atoms with Crippen molar-refractivity contribution in [2.45, 2.75) is 29.6 Å². The van der Waals surface area contributed by atoms with E-state index in [2.05, 4.69) is 0 Å². The molecule has 2 atom stereocenters. The van der Waals surface area contributed by atoms with E-state index in [1.54, 1.807) is 0 Å². The number of rotatable bonds is 3. The van der Waals surface area contributed by atoms with Crippen LogP contribution in [-0.4, -0.2) is 29.0 Å². The van der Waals surface area contributed by atoms with Gasteiger partial charge in [-0.05, 0) is 25.5 Å². The van der Waals surface area contributed by atoms with Crippen molar-refractivity contribution in [1.82, 2.24) is 0 Å². The molecule has 2 unspecified atom stereocenters. The molecule has 98 valence electrons. The van der Waals surface area contributed by atoms with Crippen molar-refractivity contribution in [3.05, 3.63) is 23.5 Å². The molecule has 1 aliphatic heterocycles. The highest BCUT2D eigenvalue weighted by atomic mass is 32.2. The average molecular weight is 271 g/mol. The maximum absolute atomic E-state index is 13.7. The Hall–Kier alpha value is -1.27. The molecule has 1 fully saturated rings. The van der Waals surface area contributed by atoms with Gasteiger partial charge >= 0.3 is 5.97 Å². The number of hydrogen-bond acceptors (Lipinski definition) is 4. The molecule has 0 bridgehead atoms. The van der Waals surface area contributed by atoms with Gasteiger partial charge in [-0.15, -0.1) is 11.8 Å². The second-order valence-electron chi connectivity index (χ2n) is 4.20. The van der Waals surface area contributed by atoms with Crippen LogP contribution >= 0.6 is 11.8 Å². The van der Waals surface area contributed by atoms with Gasteiger partial charge in [-0.25, -0.2) is 9.18 Å². The summed E-state index contributed by atoms with van der Waals surface area (Å²) in [6.07, 6.45) is 0.873. The minimum atomic E-state index is -1.15. The lowest BCUT2D eigenvalue weighted by atomic mass is 10.2. The Labute approximate surface area is 108 Å². The van der Waals surface area contributed by atoms with E-state index in [0.717, 1.165) is 12.5 Å². The zero-order valence-corrected chi connectivity index (χ0v) is 10.7. The summed E-state index contributed by atoms with van der Waals surface area (Å²) < 4.78 is 19.1. The van der Waals surface area contributed by atoms with Gasteiger partial charge in [0.2, 0.25) is 0 Å². The zero-order valence-electron chi connectivity index (χ0n) is 9.85. The summed E-state index contributed by atoms with van der Waals surface area (Å²) in [7, 11) is 0. The predicted molar refractivity (Wildman–Crippen MR) is 67.4 cm³/mol. The van der Waals surface area contributed by atoms with Gasteiger partial charge in [0.1, 0.15) is 5.82 Å². The number of nitrogen functional groups attached to an aromatic ring is 1. The summed E-state index contributed by atoms with van der Waals surface area (Å²) >= 11 is 1.31. The van der Waals surface area contributed by atoms with Crippen molar-refractivity contribution in [2.75, 3.05) is 12.3 Å². The van der Waals surface area contributed by atoms with Crippen molar-refractivity contribution in [3.63, 3.8) is 0 Å². The third kappa shape index (κ3) is 2.59. The first-order valence-electron chi connectivity index (χ1n) is 5.59. The molecule has 3 N–H and O–H groups in total. The van der Waals surface area contributed by atoms with E-state index < -0.39 is 11.8 Å². The molecular weight excluding hydrogens is 257 g/mol. The zero-order chi connectivity index (χ0) is 13.3. The number of benzene rings is 1. The van der Waals surface area contributed by atoms with Crippen LogP contribution in [0, 0.1) is 5.82 Å². The number of anilines is 1. The van der Waals surface area contributed by atoms with Gasteiger partial charge in [-0.3, -0.25) is 0 Å². The van der Waals surface area contributed by atoms with E-state index in [1.165, 1.54) is 17.8 Å². The standard InChI is InChI=1S/C12H14FNO3S/c1-6-10(2-3-17-6)18-11-4-7(12(15)16)9(14)5-8(11)13/h4-6,10H,2-3,14H2,1H3,(H,15,16). The van der Waals surface area contributed by atoms with Gasteiger partial charge < -0.3 is 15.6 Å². The van der Waals surface area contributed by atoms with E-state index in [4.69, 9.17) is 15.6 Å². The van der Waals surface area contributed by atoms with Gasteiger partial charge in [0.05, 0.1) is 11.7 Å². The summed E-state index contributed by atoms with van der Waals surface area (Å²) in [4.78, 5) is 11.3. The Morgan fingerprint density at radius 1 is 1.61 bits per heavy atom. The molecule has 0 aromatic heterocycles. The second kappa shape index (κ2) is 5.16. The molecule has 1 aromatic rings. The molecule has 6 heteroatoms. The smallest absolute Gasteiger partial charge is 0.337 e. The minimum Gasteiger partial charge on any atom is -0.478 e. The van der Waals surface area contributed by atoms with Crippen LogP contribution in [-0.2, 0) is 4.74 Å². The van der Waals surface area contributed by atoms with Gasteiger partial charge in [-0.1, -0.05) is 0 Å². The summed E-state index contributed by atoms with van der Waals surface area (Å²) in [5.74, 6) is -1.63. The van der Waals surface area contributed by atoms with Crippen LogP contribution < -0.4 is 5.73 Å². The lowest BCUT2D eigenvalue weighted by Gasteiger charge is -2.14. The molecule has 18 heavy (non-hydrogen) atoms. The first-order valence-corrected chi connectivity index (χ1v) is 6.47.